The largest absolute Gasteiger partial charge is 0.307 e. The normalized spacial score (nSPS) is 29.8. The van der Waals surface area contributed by atoms with E-state index in [0.29, 0.717) is 0 Å². The van der Waals surface area contributed by atoms with Gasteiger partial charge < -0.3 is 10.6 Å². The average Bonchev–Trinajstić information content (AvgIpc) is 1.41. The third-order valence-corrected chi connectivity index (χ3v) is 29.1. The van der Waals surface area contributed by atoms with E-state index in [-0.39, 0.29) is 43.8 Å². The van der Waals surface area contributed by atoms with E-state index in [9.17, 15) is 0 Å². The van der Waals surface area contributed by atoms with Crippen molar-refractivity contribution in [1.29, 1.82) is 0 Å². The minimum absolute atomic E-state index is 0.126. The molecule has 2 heteroatoms. The van der Waals surface area contributed by atoms with E-state index in [1.54, 1.807) is 259 Å². The second kappa shape index (κ2) is 7.12. The van der Waals surface area contributed by atoms with Gasteiger partial charge in [0.2, 0.25) is 0 Å². The molecule has 4 unspecified atom stereocenters. The second-order valence-corrected chi connectivity index (χ2v) is 33.1. The molecular formula is C76H34N2. The zero-order valence-electron chi connectivity index (χ0n) is 43.8. The SMILES string of the molecule is CC1(C)CC23c4c5c6c7c8c4c4c2c2c9c%10c%11c%12c(c5c5c6c6c%13c%14c%15c%16c%17c(c8c8c4c4c2c2c9c9c%11c%11c%18c%12c5c%13c%18c5c%14c%12c%16c%13c%17c8c4c4c2c2c9c%11c5c%12c2c%134)C72CC(C)(C)NC(C)(C)CC6%152)C%103CC(C)(C)N1. The van der Waals surface area contributed by atoms with Gasteiger partial charge in [0.05, 0.1) is 0 Å². The quantitative estimate of drug-likeness (QED) is 0.148. The highest BCUT2D eigenvalue weighted by Gasteiger charge is 2.76. The highest BCUT2D eigenvalue weighted by molar-refractivity contribution is 6.78. The first-order valence-electron chi connectivity index (χ1n) is 30.3. The summed E-state index contributed by atoms with van der Waals surface area (Å²) in [6.07, 6.45) is 4.47. The van der Waals surface area contributed by atoms with Gasteiger partial charge in [-0.05, 0) is 384 Å². The Morgan fingerprint density at radius 3 is 0.372 bits per heavy atom. The lowest BCUT2D eigenvalue weighted by Crippen LogP contribution is -2.55. The van der Waals surface area contributed by atoms with Crippen LogP contribution in [-0.4, -0.2) is 22.2 Å². The first kappa shape index (κ1) is 32.5. The van der Waals surface area contributed by atoms with E-state index >= 15 is 0 Å². The number of hydrogen-bond donors (Lipinski definition) is 2. The Balaban J connectivity index is 1.14. The van der Waals surface area contributed by atoms with Crippen molar-refractivity contribution in [3.63, 3.8) is 0 Å². The fraction of sp³-hybridized carbons (Fsp3) is 0.263. The van der Waals surface area contributed by atoms with Gasteiger partial charge in [-0.2, -0.15) is 0 Å². The van der Waals surface area contributed by atoms with E-state index in [4.69, 9.17) is 0 Å². The summed E-state index contributed by atoms with van der Waals surface area (Å²) in [5.41, 5.74) is 13.1. The van der Waals surface area contributed by atoms with Gasteiger partial charge in [-0.1, -0.05) is 0 Å². The predicted octanol–water partition coefficient (Wildman–Crippen LogP) is 18.7. The fourth-order valence-electron chi connectivity index (χ4n) is 30.6. The minimum Gasteiger partial charge on any atom is -0.307 e. The van der Waals surface area contributed by atoms with Crippen molar-refractivity contribution in [3.05, 3.63) is 44.5 Å². The lowest BCUT2D eigenvalue weighted by Gasteiger charge is -2.57. The average molecular weight is 975 g/mol. The number of hydrogen-bond acceptors (Lipinski definition) is 2. The third-order valence-electron chi connectivity index (χ3n) is 29.1. The Kier molecular flexibility index (Phi) is 2.97. The van der Waals surface area contributed by atoms with E-state index < -0.39 is 0 Å². The molecule has 2 aliphatic heterocycles. The van der Waals surface area contributed by atoms with Crippen LogP contribution in [0.5, 0.6) is 0 Å². The van der Waals surface area contributed by atoms with E-state index in [1.807, 2.05) is 44.5 Å². The lowest BCUT2D eigenvalue weighted by molar-refractivity contribution is 0.260. The van der Waals surface area contributed by atoms with E-state index in [2.05, 4.69) is 66.0 Å². The van der Waals surface area contributed by atoms with Gasteiger partial charge >= 0.3 is 0 Å². The summed E-state index contributed by atoms with van der Waals surface area (Å²) < 4.78 is 0. The highest BCUT2D eigenvalue weighted by Crippen LogP contribution is 2.89. The molecule has 348 valence electrons. The maximum Gasteiger partial charge on any atom is 0.0384 e. The first-order chi connectivity index (χ1) is 37.7. The standard InChI is InChI=1S/C76H34N2/c1-69(2)9-73-61-45-34-23-16-17-21-14-13-18-15-19(14)30-39-28(21)35-24(17)26-25(23)36-33-37(26)48-46(35)62-50(39)52-41(30)32-22(15)31-40-29(18)38(27(34)20(13)16)49(61)51(40)63-53-42(31)43(32)54-58-57(53)67(75(63,73)11-71(5,6)77-69)59-55(65(73)47(36)45)44(33)56-60(59)68(58)76(64(52)54)12-72(7,8)78-70(3,4)10-74(62,76)66(48)56/h77-78H,9-12H2,1-8H3. The van der Waals surface area contributed by atoms with Crippen LogP contribution in [0.4, 0.5) is 0 Å². The van der Waals surface area contributed by atoms with Gasteiger partial charge in [-0.25, -0.2) is 0 Å². The smallest absolute Gasteiger partial charge is 0.0384 e. The molecule has 0 aromatic heterocycles. The van der Waals surface area contributed by atoms with Crippen LogP contribution >= 0.6 is 0 Å². The number of nitrogens with one attached hydrogen (secondary N) is 2. The van der Waals surface area contributed by atoms with Crippen molar-refractivity contribution in [3.8, 4) is 0 Å². The van der Waals surface area contributed by atoms with Crippen LogP contribution in [0.2, 0.25) is 0 Å². The maximum absolute atomic E-state index is 4.61. The molecule has 10 aliphatic rings. The van der Waals surface area contributed by atoms with E-state index in [0.717, 1.165) is 25.7 Å². The van der Waals surface area contributed by atoms with Crippen LogP contribution in [-0.2, 0) is 21.7 Å². The van der Waals surface area contributed by atoms with Crippen LogP contribution in [0.3, 0.4) is 0 Å². The predicted molar refractivity (Wildman–Crippen MR) is 328 cm³/mol. The van der Waals surface area contributed by atoms with Gasteiger partial charge in [-0.15, -0.1) is 0 Å². The van der Waals surface area contributed by atoms with Crippen LogP contribution in [0, 0.1) is 0 Å². The van der Waals surface area contributed by atoms with Crippen LogP contribution < -0.4 is 10.6 Å². The summed E-state index contributed by atoms with van der Waals surface area (Å²) in [6, 6.07) is 0. The third kappa shape index (κ3) is 1.83. The molecular weight excluding hydrogens is 941 g/mol. The zero-order chi connectivity index (χ0) is 48.6. The number of benzene rings is 16. The summed E-state index contributed by atoms with van der Waals surface area (Å²) in [4.78, 5) is 0. The summed E-state index contributed by atoms with van der Waals surface area (Å²) in [5.74, 6) is 0. The molecule has 34 rings (SSSR count). The Hall–Kier alpha value is -7.36. The molecule has 24 aromatic carbocycles. The van der Waals surface area contributed by atoms with Crippen molar-refractivity contribution >= 4 is 259 Å². The van der Waals surface area contributed by atoms with Crippen molar-refractivity contribution in [1.82, 2.24) is 10.6 Å². The van der Waals surface area contributed by atoms with E-state index in [1.165, 1.54) is 0 Å². The Morgan fingerprint density at radius 2 is 0.244 bits per heavy atom. The summed E-state index contributed by atoms with van der Waals surface area (Å²) in [6.45, 7) is 21.2. The van der Waals surface area contributed by atoms with Gasteiger partial charge in [-0.3, -0.25) is 0 Å². The molecule has 2 fully saturated rings. The Labute approximate surface area is 436 Å². The summed E-state index contributed by atoms with van der Waals surface area (Å²) >= 11 is 0. The zero-order valence-corrected chi connectivity index (χ0v) is 43.8. The molecule has 78 heavy (non-hydrogen) atoms. The van der Waals surface area contributed by atoms with Crippen molar-refractivity contribution < 1.29 is 0 Å². The molecule has 2 nitrogen and oxygen atoms in total. The van der Waals surface area contributed by atoms with Crippen molar-refractivity contribution in [2.24, 2.45) is 0 Å². The van der Waals surface area contributed by atoms with Crippen molar-refractivity contribution in [2.75, 3.05) is 0 Å². The first-order valence-corrected chi connectivity index (χ1v) is 30.3. The van der Waals surface area contributed by atoms with Crippen LogP contribution in [0.25, 0.3) is 259 Å². The molecule has 4 atom stereocenters. The van der Waals surface area contributed by atoms with Crippen LogP contribution in [0.1, 0.15) is 126 Å². The Morgan fingerprint density at radius 1 is 0.154 bits per heavy atom. The van der Waals surface area contributed by atoms with Crippen LogP contribution in [0.15, 0.2) is 0 Å². The summed E-state index contributed by atoms with van der Waals surface area (Å²) in [5, 5.41) is 91.5. The molecule has 4 spiro atoms. The second-order valence-electron chi connectivity index (χ2n) is 33.1. The fourth-order valence-corrected chi connectivity index (χ4v) is 30.6. The van der Waals surface area contributed by atoms with Crippen molar-refractivity contribution in [2.45, 2.75) is 125 Å². The molecule has 2 heterocycles. The molecule has 0 bridgehead atoms. The van der Waals surface area contributed by atoms with Gasteiger partial charge in [0.15, 0.2) is 0 Å². The highest BCUT2D eigenvalue weighted by atomic mass is 15.1. The molecule has 0 radical (unpaired) electrons. The van der Waals surface area contributed by atoms with Gasteiger partial charge in [0, 0.05) is 43.8 Å². The molecule has 0 saturated carbocycles. The molecule has 2 N–H and O–H groups in total. The molecule has 2 saturated heterocycles. The maximum atomic E-state index is 4.61. The molecule has 0 amide bonds. The molecule has 8 aliphatic carbocycles. The monoisotopic (exact) mass is 974 g/mol. The topological polar surface area (TPSA) is 24.1 Å². The Bertz CT molecular complexity index is 7120. The minimum atomic E-state index is -0.244. The number of rotatable bonds is 0. The molecule has 24 aromatic rings. The lowest BCUT2D eigenvalue weighted by atomic mass is 9.44. The van der Waals surface area contributed by atoms with Gasteiger partial charge in [0.25, 0.3) is 0 Å². The summed E-state index contributed by atoms with van der Waals surface area (Å²) in [7, 11) is 0. The van der Waals surface area contributed by atoms with Gasteiger partial charge in [0.1, 0.15) is 0 Å².